The molecule has 1 aromatic carbocycles. The first-order valence-electron chi connectivity index (χ1n) is 9.25. The highest BCUT2D eigenvalue weighted by Crippen LogP contribution is 2.43. The van der Waals surface area contributed by atoms with E-state index < -0.39 is 0 Å². The summed E-state index contributed by atoms with van der Waals surface area (Å²) in [5.74, 6) is 2.40. The molecule has 1 saturated carbocycles. The lowest BCUT2D eigenvalue weighted by Gasteiger charge is -2.42. The molecule has 0 unspecified atom stereocenters. The van der Waals surface area contributed by atoms with Crippen molar-refractivity contribution in [1.82, 2.24) is 10.6 Å². The Labute approximate surface area is 187 Å². The molecule has 0 bridgehead atoms. The maximum atomic E-state index is 5.48. The zero-order valence-electron chi connectivity index (χ0n) is 16.0. The fraction of sp³-hybridized carbons (Fsp3) is 0.632. The lowest BCUT2D eigenvalue weighted by molar-refractivity contribution is 0.0732. The van der Waals surface area contributed by atoms with E-state index in [9.17, 15) is 0 Å². The molecule has 0 radical (unpaired) electrons. The number of ether oxygens (including phenoxy) is 3. The SMILES string of the molecule is CCNC(=NCc1cc(Br)c2c(c1)OCO2)NCC1(CCOC)CCC1.I. The van der Waals surface area contributed by atoms with Gasteiger partial charge in [0.2, 0.25) is 6.79 Å². The van der Waals surface area contributed by atoms with Crippen LogP contribution in [-0.2, 0) is 11.3 Å². The van der Waals surface area contributed by atoms with Gasteiger partial charge in [0, 0.05) is 26.8 Å². The second-order valence-corrected chi connectivity index (χ2v) is 7.81. The van der Waals surface area contributed by atoms with Crippen LogP contribution in [0.4, 0.5) is 0 Å². The van der Waals surface area contributed by atoms with Crippen molar-refractivity contribution in [3.63, 3.8) is 0 Å². The van der Waals surface area contributed by atoms with Crippen molar-refractivity contribution in [1.29, 1.82) is 0 Å². The summed E-state index contributed by atoms with van der Waals surface area (Å²) in [5.41, 5.74) is 1.43. The lowest BCUT2D eigenvalue weighted by Crippen LogP contribution is -2.46. The Kier molecular flexibility index (Phi) is 8.94. The molecule has 0 saturated heterocycles. The summed E-state index contributed by atoms with van der Waals surface area (Å²) >= 11 is 3.54. The van der Waals surface area contributed by atoms with Crippen LogP contribution < -0.4 is 20.1 Å². The Morgan fingerprint density at radius 1 is 1.30 bits per heavy atom. The summed E-state index contributed by atoms with van der Waals surface area (Å²) in [6.45, 7) is 5.53. The maximum Gasteiger partial charge on any atom is 0.231 e. The lowest BCUT2D eigenvalue weighted by atomic mass is 9.67. The van der Waals surface area contributed by atoms with Gasteiger partial charge >= 0.3 is 0 Å². The molecule has 0 aromatic heterocycles. The molecule has 0 spiro atoms. The van der Waals surface area contributed by atoms with Crippen LogP contribution in [0.25, 0.3) is 0 Å². The first-order chi connectivity index (χ1) is 12.7. The summed E-state index contributed by atoms with van der Waals surface area (Å²) in [6.07, 6.45) is 4.94. The number of aliphatic imine (C=N–C) groups is 1. The van der Waals surface area contributed by atoms with Gasteiger partial charge in [-0.15, -0.1) is 24.0 Å². The van der Waals surface area contributed by atoms with E-state index in [2.05, 4.69) is 33.5 Å². The van der Waals surface area contributed by atoms with E-state index in [1.165, 1.54) is 19.3 Å². The quantitative estimate of drug-likeness (QED) is 0.289. The summed E-state index contributed by atoms with van der Waals surface area (Å²) in [4.78, 5) is 4.74. The average Bonchev–Trinajstić information content (AvgIpc) is 3.07. The van der Waals surface area contributed by atoms with Gasteiger partial charge in [-0.2, -0.15) is 0 Å². The van der Waals surface area contributed by atoms with Crippen molar-refractivity contribution in [3.05, 3.63) is 22.2 Å². The number of hydrogen-bond donors (Lipinski definition) is 2. The average molecular weight is 554 g/mol. The Bertz CT molecular complexity index is 653. The fourth-order valence-corrected chi connectivity index (χ4v) is 4.01. The third-order valence-electron chi connectivity index (χ3n) is 5.13. The van der Waals surface area contributed by atoms with E-state index in [4.69, 9.17) is 19.2 Å². The topological polar surface area (TPSA) is 64.1 Å². The molecule has 152 valence electrons. The van der Waals surface area contributed by atoms with Gasteiger partial charge in [-0.3, -0.25) is 0 Å². The number of rotatable bonds is 8. The highest BCUT2D eigenvalue weighted by molar-refractivity contribution is 14.0. The summed E-state index contributed by atoms with van der Waals surface area (Å²) in [6, 6.07) is 4.03. The number of methoxy groups -OCH3 is 1. The van der Waals surface area contributed by atoms with Crippen molar-refractivity contribution in [2.24, 2.45) is 10.4 Å². The van der Waals surface area contributed by atoms with E-state index in [-0.39, 0.29) is 30.8 Å². The van der Waals surface area contributed by atoms with Crippen LogP contribution in [0, 0.1) is 5.41 Å². The Balaban J connectivity index is 0.00000261. The number of fused-ring (bicyclic) bond motifs is 1. The molecule has 1 heterocycles. The van der Waals surface area contributed by atoms with Gasteiger partial charge in [0.15, 0.2) is 17.5 Å². The molecule has 1 aliphatic heterocycles. The van der Waals surface area contributed by atoms with Gasteiger partial charge in [0.25, 0.3) is 0 Å². The van der Waals surface area contributed by atoms with Crippen LogP contribution in [0.1, 0.15) is 38.2 Å². The number of nitrogens with zero attached hydrogens (tertiary/aromatic N) is 1. The standard InChI is InChI=1S/C19H28BrN3O3.HI/c1-3-21-18(23-12-19(5-4-6-19)7-8-24-2)22-11-14-9-15(20)17-16(10-14)25-13-26-17;/h9-10H,3-8,11-13H2,1-2H3,(H2,21,22,23);1H. The summed E-state index contributed by atoms with van der Waals surface area (Å²) in [7, 11) is 1.77. The van der Waals surface area contributed by atoms with Crippen molar-refractivity contribution in [3.8, 4) is 11.5 Å². The van der Waals surface area contributed by atoms with Gasteiger partial charge in [0.1, 0.15) is 0 Å². The van der Waals surface area contributed by atoms with E-state index in [1.54, 1.807) is 7.11 Å². The Morgan fingerprint density at radius 3 is 2.78 bits per heavy atom. The summed E-state index contributed by atoms with van der Waals surface area (Å²) < 4.78 is 17.1. The molecule has 2 N–H and O–H groups in total. The minimum atomic E-state index is 0. The number of nitrogens with one attached hydrogen (secondary N) is 2. The van der Waals surface area contributed by atoms with Gasteiger partial charge in [-0.1, -0.05) is 6.42 Å². The molecule has 1 aromatic rings. The highest BCUT2D eigenvalue weighted by Gasteiger charge is 2.36. The van der Waals surface area contributed by atoms with Crippen molar-refractivity contribution in [2.75, 3.05) is 33.6 Å². The largest absolute Gasteiger partial charge is 0.454 e. The van der Waals surface area contributed by atoms with Crippen LogP contribution in [0.15, 0.2) is 21.6 Å². The number of benzene rings is 1. The molecular formula is C19H29BrIN3O3. The first kappa shape index (κ1) is 22.5. The van der Waals surface area contributed by atoms with Gasteiger partial charge in [-0.25, -0.2) is 4.99 Å². The monoisotopic (exact) mass is 553 g/mol. The zero-order valence-corrected chi connectivity index (χ0v) is 19.9. The number of guanidine groups is 1. The van der Waals surface area contributed by atoms with Crippen molar-refractivity contribution in [2.45, 2.75) is 39.2 Å². The smallest absolute Gasteiger partial charge is 0.231 e. The van der Waals surface area contributed by atoms with E-state index in [1.807, 2.05) is 12.1 Å². The van der Waals surface area contributed by atoms with Crippen molar-refractivity contribution < 1.29 is 14.2 Å². The molecule has 3 rings (SSSR count). The van der Waals surface area contributed by atoms with Crippen LogP contribution in [0.3, 0.4) is 0 Å². The second-order valence-electron chi connectivity index (χ2n) is 6.96. The molecular weight excluding hydrogens is 525 g/mol. The minimum Gasteiger partial charge on any atom is -0.454 e. The molecule has 2 aliphatic rings. The summed E-state index contributed by atoms with van der Waals surface area (Å²) in [5, 5.41) is 6.86. The van der Waals surface area contributed by atoms with Gasteiger partial charge in [-0.05, 0) is 65.2 Å². The third-order valence-corrected chi connectivity index (χ3v) is 5.72. The van der Waals surface area contributed by atoms with E-state index in [0.29, 0.717) is 12.0 Å². The first-order valence-corrected chi connectivity index (χ1v) is 10.0. The van der Waals surface area contributed by atoms with Crippen molar-refractivity contribution >= 4 is 45.9 Å². The number of hydrogen-bond acceptors (Lipinski definition) is 4. The normalized spacial score (nSPS) is 17.1. The van der Waals surface area contributed by atoms with Crippen LogP contribution in [0.5, 0.6) is 11.5 Å². The molecule has 0 amide bonds. The molecule has 0 atom stereocenters. The zero-order chi connectivity index (χ0) is 18.4. The molecule has 27 heavy (non-hydrogen) atoms. The maximum absolute atomic E-state index is 5.48. The van der Waals surface area contributed by atoms with Crippen LogP contribution in [-0.4, -0.2) is 39.6 Å². The van der Waals surface area contributed by atoms with Crippen LogP contribution in [0.2, 0.25) is 0 Å². The van der Waals surface area contributed by atoms with E-state index in [0.717, 1.165) is 53.6 Å². The predicted octanol–water partition coefficient (Wildman–Crippen LogP) is 4.06. The van der Waals surface area contributed by atoms with Gasteiger partial charge in [0.05, 0.1) is 11.0 Å². The van der Waals surface area contributed by atoms with E-state index >= 15 is 0 Å². The molecule has 1 fully saturated rings. The Hall–Kier alpha value is -0.740. The highest BCUT2D eigenvalue weighted by atomic mass is 127. The van der Waals surface area contributed by atoms with Crippen LogP contribution >= 0.6 is 39.9 Å². The third kappa shape index (κ3) is 5.87. The fourth-order valence-electron chi connectivity index (χ4n) is 3.41. The predicted molar refractivity (Wildman–Crippen MR) is 121 cm³/mol. The number of halogens is 2. The Morgan fingerprint density at radius 2 is 2.11 bits per heavy atom. The molecule has 1 aliphatic carbocycles. The van der Waals surface area contributed by atoms with Gasteiger partial charge < -0.3 is 24.8 Å². The molecule has 6 nitrogen and oxygen atoms in total. The minimum absolute atomic E-state index is 0. The second kappa shape index (κ2) is 10.7. The molecule has 8 heteroatoms.